The van der Waals surface area contributed by atoms with Gasteiger partial charge in [-0.05, 0) is 77.6 Å². The molecule has 2 aliphatic carbocycles. The highest BCUT2D eigenvalue weighted by molar-refractivity contribution is 5.94. The molecule has 0 aromatic heterocycles. The zero-order valence-corrected chi connectivity index (χ0v) is 15.6. The molecule has 26 heavy (non-hydrogen) atoms. The maximum absolute atomic E-state index is 2.55. The molecule has 5 rings (SSSR count). The highest BCUT2D eigenvalue weighted by Gasteiger charge is 2.37. The Morgan fingerprint density at radius 3 is 2.38 bits per heavy atom. The zero-order valence-electron chi connectivity index (χ0n) is 15.6. The van der Waals surface area contributed by atoms with Crippen molar-refractivity contribution in [3.8, 4) is 0 Å². The Morgan fingerprint density at radius 2 is 1.58 bits per heavy atom. The standard InChI is InChI=1S/C26H26/c1-26(21-12-3-2-4-13-21)16-15-23-24(17-19-9-5-6-10-19)22-14-8-7-11-20(22)18-25(23)26/h2-4,7-8,11-14,17-18H,5-6,9-10,15-16H2,1H3. The zero-order chi connectivity index (χ0) is 17.6. The van der Waals surface area contributed by atoms with Crippen molar-refractivity contribution in [1.29, 1.82) is 0 Å². The minimum absolute atomic E-state index is 0.129. The van der Waals surface area contributed by atoms with E-state index in [4.69, 9.17) is 0 Å². The second-order valence-corrected chi connectivity index (χ2v) is 8.25. The van der Waals surface area contributed by atoms with E-state index in [1.807, 2.05) is 0 Å². The van der Waals surface area contributed by atoms with Crippen molar-refractivity contribution in [2.45, 2.75) is 50.9 Å². The largest absolute Gasteiger partial charge is 0.0696 e. The van der Waals surface area contributed by atoms with Gasteiger partial charge in [0.25, 0.3) is 0 Å². The molecular formula is C26H26. The molecule has 130 valence electrons. The van der Waals surface area contributed by atoms with E-state index >= 15 is 0 Å². The Kier molecular flexibility index (Phi) is 3.74. The van der Waals surface area contributed by atoms with Gasteiger partial charge >= 0.3 is 0 Å². The van der Waals surface area contributed by atoms with Crippen molar-refractivity contribution < 1.29 is 0 Å². The van der Waals surface area contributed by atoms with Crippen LogP contribution in [-0.4, -0.2) is 0 Å². The number of fused-ring (bicyclic) bond motifs is 2. The summed E-state index contributed by atoms with van der Waals surface area (Å²) in [4.78, 5) is 0. The summed E-state index contributed by atoms with van der Waals surface area (Å²) in [6, 6.07) is 22.5. The fourth-order valence-electron chi connectivity index (χ4n) is 5.14. The van der Waals surface area contributed by atoms with Crippen LogP contribution >= 0.6 is 0 Å². The van der Waals surface area contributed by atoms with Crippen LogP contribution in [0.1, 0.15) is 61.3 Å². The van der Waals surface area contributed by atoms with Gasteiger partial charge < -0.3 is 0 Å². The van der Waals surface area contributed by atoms with Gasteiger partial charge in [-0.3, -0.25) is 0 Å². The van der Waals surface area contributed by atoms with E-state index in [2.05, 4.69) is 73.7 Å². The van der Waals surface area contributed by atoms with E-state index in [1.54, 1.807) is 16.7 Å². The molecule has 0 saturated heterocycles. The van der Waals surface area contributed by atoms with Crippen LogP contribution in [0.4, 0.5) is 0 Å². The van der Waals surface area contributed by atoms with Crippen LogP contribution in [0.3, 0.4) is 0 Å². The first kappa shape index (κ1) is 15.9. The third kappa shape index (κ3) is 2.43. The molecule has 0 spiro atoms. The molecular weight excluding hydrogens is 312 g/mol. The van der Waals surface area contributed by atoms with Gasteiger partial charge in [-0.15, -0.1) is 0 Å². The second kappa shape index (κ2) is 6.13. The first-order valence-electron chi connectivity index (χ1n) is 10.1. The van der Waals surface area contributed by atoms with Gasteiger partial charge in [-0.2, -0.15) is 0 Å². The summed E-state index contributed by atoms with van der Waals surface area (Å²) in [6.07, 6.45) is 10.2. The Labute approximate surface area is 156 Å². The van der Waals surface area contributed by atoms with Gasteiger partial charge in [0.05, 0.1) is 0 Å². The molecule has 0 amide bonds. The lowest BCUT2D eigenvalue weighted by Gasteiger charge is -2.27. The van der Waals surface area contributed by atoms with E-state index in [-0.39, 0.29) is 5.41 Å². The van der Waals surface area contributed by atoms with Gasteiger partial charge in [0.15, 0.2) is 0 Å². The summed E-state index contributed by atoms with van der Waals surface area (Å²) in [7, 11) is 0. The lowest BCUT2D eigenvalue weighted by atomic mass is 9.76. The maximum atomic E-state index is 2.55. The Balaban J connectivity index is 1.77. The molecule has 2 aliphatic rings. The molecule has 0 N–H and O–H groups in total. The Hall–Kier alpha value is -2.34. The van der Waals surface area contributed by atoms with Crippen LogP contribution in [0.25, 0.3) is 16.8 Å². The molecule has 1 saturated carbocycles. The predicted molar refractivity (Wildman–Crippen MR) is 112 cm³/mol. The molecule has 1 fully saturated rings. The second-order valence-electron chi connectivity index (χ2n) is 8.25. The molecule has 0 heterocycles. The fraction of sp³-hybridized carbons (Fsp3) is 0.308. The summed E-state index contributed by atoms with van der Waals surface area (Å²) in [5.74, 6) is 0. The molecule has 0 radical (unpaired) electrons. The van der Waals surface area contributed by atoms with Gasteiger partial charge in [-0.25, -0.2) is 0 Å². The summed E-state index contributed by atoms with van der Waals surface area (Å²) in [5.41, 5.74) is 7.88. The van der Waals surface area contributed by atoms with Gasteiger partial charge in [0, 0.05) is 5.41 Å². The average molecular weight is 338 g/mol. The van der Waals surface area contributed by atoms with E-state index < -0.39 is 0 Å². The molecule has 0 heteroatoms. The summed E-state index contributed by atoms with van der Waals surface area (Å²) >= 11 is 0. The van der Waals surface area contributed by atoms with Gasteiger partial charge in [-0.1, -0.05) is 73.2 Å². The van der Waals surface area contributed by atoms with Crippen molar-refractivity contribution in [1.82, 2.24) is 0 Å². The number of allylic oxidation sites excluding steroid dienone is 1. The Bertz CT molecular complexity index is 985. The van der Waals surface area contributed by atoms with Crippen molar-refractivity contribution in [2.75, 3.05) is 0 Å². The maximum Gasteiger partial charge on any atom is 0.0181 e. The average Bonchev–Trinajstić information content (AvgIpc) is 3.31. The molecule has 1 atom stereocenters. The first-order chi connectivity index (χ1) is 12.8. The molecule has 3 aromatic rings. The summed E-state index contributed by atoms with van der Waals surface area (Å²) < 4.78 is 0. The topological polar surface area (TPSA) is 0 Å². The van der Waals surface area contributed by atoms with Crippen molar-refractivity contribution in [3.63, 3.8) is 0 Å². The van der Waals surface area contributed by atoms with Crippen LogP contribution in [0.2, 0.25) is 0 Å². The van der Waals surface area contributed by atoms with Crippen molar-refractivity contribution in [3.05, 3.63) is 88.5 Å². The molecule has 1 unspecified atom stereocenters. The first-order valence-corrected chi connectivity index (χ1v) is 10.1. The lowest BCUT2D eigenvalue weighted by Crippen LogP contribution is -2.19. The number of hydrogen-bond acceptors (Lipinski definition) is 0. The third-order valence-electron chi connectivity index (χ3n) is 6.68. The summed E-state index contributed by atoms with van der Waals surface area (Å²) in [6.45, 7) is 2.44. The van der Waals surface area contributed by atoms with Crippen LogP contribution < -0.4 is 0 Å². The van der Waals surface area contributed by atoms with E-state index in [1.165, 1.54) is 60.4 Å². The SMILES string of the molecule is CC1(c2ccccc2)CCc2c1cc1ccccc1c2C=C1CCCC1. The third-order valence-corrected chi connectivity index (χ3v) is 6.68. The smallest absolute Gasteiger partial charge is 0.0181 e. The van der Waals surface area contributed by atoms with Crippen molar-refractivity contribution >= 4 is 16.8 Å². The van der Waals surface area contributed by atoms with E-state index in [0.717, 1.165) is 0 Å². The number of rotatable bonds is 2. The van der Waals surface area contributed by atoms with Gasteiger partial charge in [0.2, 0.25) is 0 Å². The minimum atomic E-state index is 0.129. The highest BCUT2D eigenvalue weighted by atomic mass is 14.4. The molecule has 0 nitrogen and oxygen atoms in total. The van der Waals surface area contributed by atoms with E-state index in [0.29, 0.717) is 0 Å². The lowest BCUT2D eigenvalue weighted by molar-refractivity contribution is 0.566. The van der Waals surface area contributed by atoms with Gasteiger partial charge in [0.1, 0.15) is 0 Å². The molecule has 0 aliphatic heterocycles. The van der Waals surface area contributed by atoms with Crippen LogP contribution in [0.15, 0.2) is 66.2 Å². The fourth-order valence-corrected chi connectivity index (χ4v) is 5.14. The summed E-state index contributed by atoms with van der Waals surface area (Å²) in [5, 5.41) is 2.82. The Morgan fingerprint density at radius 1 is 0.846 bits per heavy atom. The van der Waals surface area contributed by atoms with Crippen molar-refractivity contribution in [2.24, 2.45) is 0 Å². The predicted octanol–water partition coefficient (Wildman–Crippen LogP) is 7.05. The number of benzene rings is 3. The quantitative estimate of drug-likeness (QED) is 0.469. The van der Waals surface area contributed by atoms with Crippen LogP contribution in [-0.2, 0) is 11.8 Å². The monoisotopic (exact) mass is 338 g/mol. The number of hydrogen-bond donors (Lipinski definition) is 0. The van der Waals surface area contributed by atoms with Crippen LogP contribution in [0.5, 0.6) is 0 Å². The molecule has 0 bridgehead atoms. The minimum Gasteiger partial charge on any atom is -0.0696 e. The van der Waals surface area contributed by atoms with E-state index in [9.17, 15) is 0 Å². The highest BCUT2D eigenvalue weighted by Crippen LogP contribution is 2.47. The molecule has 3 aromatic carbocycles. The normalized spacial score (nSPS) is 22.0. The van der Waals surface area contributed by atoms with Crippen LogP contribution in [0, 0.1) is 0 Å².